The molecule has 0 bridgehead atoms. The smallest absolute Gasteiger partial charge is 0.240 e. The summed E-state index contributed by atoms with van der Waals surface area (Å²) in [5.74, 6) is 0.414. The number of amides is 1. The van der Waals surface area contributed by atoms with Crippen molar-refractivity contribution in [3.8, 4) is 6.07 Å². The molecule has 0 spiro atoms. The molecule has 1 atom stereocenters. The Morgan fingerprint density at radius 1 is 1.44 bits per heavy atom. The van der Waals surface area contributed by atoms with Crippen molar-refractivity contribution in [3.63, 3.8) is 0 Å². The van der Waals surface area contributed by atoms with Gasteiger partial charge in [0, 0.05) is 19.8 Å². The molecule has 0 aromatic rings. The largest absolute Gasteiger partial charge is 0.381 e. The molecule has 18 heavy (non-hydrogen) atoms. The highest BCUT2D eigenvalue weighted by molar-refractivity contribution is 5.85. The van der Waals surface area contributed by atoms with E-state index in [9.17, 15) is 10.1 Å². The Labute approximate surface area is 108 Å². The molecule has 1 aliphatic heterocycles. The van der Waals surface area contributed by atoms with Crippen molar-refractivity contribution in [1.29, 1.82) is 5.26 Å². The zero-order valence-electron chi connectivity index (χ0n) is 10.7. The third kappa shape index (κ3) is 2.91. The fraction of sp³-hybridized carbons (Fsp3) is 0.714. The van der Waals surface area contributed by atoms with Gasteiger partial charge in [-0.2, -0.15) is 5.26 Å². The van der Waals surface area contributed by atoms with Gasteiger partial charge in [0.05, 0.1) is 6.07 Å². The fourth-order valence-electron chi connectivity index (χ4n) is 2.56. The summed E-state index contributed by atoms with van der Waals surface area (Å²) < 4.78 is 5.23. The molecule has 0 aromatic heterocycles. The van der Waals surface area contributed by atoms with Crippen molar-refractivity contribution >= 4 is 5.91 Å². The molecular weight excluding hydrogens is 228 g/mol. The van der Waals surface area contributed by atoms with E-state index in [-0.39, 0.29) is 5.91 Å². The SMILES string of the molecule is N#CC1(C(=O)NCC2CC=CCC2)CCOCC1. The molecule has 1 N–H and O–H groups in total. The molecule has 1 unspecified atom stereocenters. The summed E-state index contributed by atoms with van der Waals surface area (Å²) in [5, 5.41) is 12.2. The first-order chi connectivity index (χ1) is 8.77. The highest BCUT2D eigenvalue weighted by Gasteiger charge is 2.40. The lowest BCUT2D eigenvalue weighted by atomic mass is 9.80. The predicted octanol–water partition coefficient (Wildman–Crippen LogP) is 1.78. The molecule has 1 fully saturated rings. The Morgan fingerprint density at radius 3 is 2.83 bits per heavy atom. The van der Waals surface area contributed by atoms with E-state index < -0.39 is 5.41 Å². The Morgan fingerprint density at radius 2 is 2.22 bits per heavy atom. The van der Waals surface area contributed by atoms with Gasteiger partial charge in [-0.3, -0.25) is 4.79 Å². The van der Waals surface area contributed by atoms with Crippen LogP contribution in [-0.2, 0) is 9.53 Å². The molecule has 1 heterocycles. The van der Waals surface area contributed by atoms with Gasteiger partial charge >= 0.3 is 0 Å². The number of rotatable bonds is 3. The van der Waals surface area contributed by atoms with Crippen molar-refractivity contribution in [2.24, 2.45) is 11.3 Å². The quantitative estimate of drug-likeness (QED) is 0.774. The monoisotopic (exact) mass is 248 g/mol. The minimum atomic E-state index is -0.858. The van der Waals surface area contributed by atoms with E-state index >= 15 is 0 Å². The average molecular weight is 248 g/mol. The summed E-state index contributed by atoms with van der Waals surface area (Å²) >= 11 is 0. The number of nitrogens with one attached hydrogen (secondary N) is 1. The molecule has 1 aliphatic carbocycles. The van der Waals surface area contributed by atoms with E-state index in [1.54, 1.807) is 0 Å². The second-order valence-electron chi connectivity index (χ2n) is 5.17. The molecule has 0 saturated carbocycles. The van der Waals surface area contributed by atoms with Crippen LogP contribution in [0.5, 0.6) is 0 Å². The maximum atomic E-state index is 12.2. The van der Waals surface area contributed by atoms with E-state index in [1.165, 1.54) is 0 Å². The highest BCUT2D eigenvalue weighted by atomic mass is 16.5. The lowest BCUT2D eigenvalue weighted by molar-refractivity contribution is -0.132. The van der Waals surface area contributed by atoms with Crippen molar-refractivity contribution in [3.05, 3.63) is 12.2 Å². The van der Waals surface area contributed by atoms with Crippen molar-refractivity contribution < 1.29 is 9.53 Å². The molecule has 2 rings (SSSR count). The van der Waals surface area contributed by atoms with Gasteiger partial charge in [0.2, 0.25) is 5.91 Å². The van der Waals surface area contributed by atoms with Gasteiger partial charge in [-0.25, -0.2) is 0 Å². The Bertz CT molecular complexity index is 364. The zero-order chi connectivity index (χ0) is 12.8. The number of nitriles is 1. The minimum Gasteiger partial charge on any atom is -0.381 e. The van der Waals surface area contributed by atoms with Crippen molar-refractivity contribution in [1.82, 2.24) is 5.32 Å². The standard InChI is InChI=1S/C14H20N2O2/c15-11-14(6-8-18-9-7-14)13(17)16-10-12-4-2-1-3-5-12/h1-2,12H,3-10H2,(H,16,17). The highest BCUT2D eigenvalue weighted by Crippen LogP contribution is 2.30. The zero-order valence-corrected chi connectivity index (χ0v) is 10.7. The van der Waals surface area contributed by atoms with Gasteiger partial charge in [0.15, 0.2) is 0 Å². The average Bonchev–Trinajstić information content (AvgIpc) is 2.46. The normalized spacial score (nSPS) is 26.3. The summed E-state index contributed by atoms with van der Waals surface area (Å²) in [6.07, 6.45) is 8.64. The second-order valence-corrected chi connectivity index (χ2v) is 5.17. The molecule has 0 radical (unpaired) electrons. The first-order valence-corrected chi connectivity index (χ1v) is 6.69. The lowest BCUT2D eigenvalue weighted by Crippen LogP contribution is -2.45. The van der Waals surface area contributed by atoms with Crippen LogP contribution in [0.15, 0.2) is 12.2 Å². The van der Waals surface area contributed by atoms with Gasteiger partial charge in [-0.1, -0.05) is 12.2 Å². The Hall–Kier alpha value is -1.34. The van der Waals surface area contributed by atoms with Crippen molar-refractivity contribution in [2.45, 2.75) is 32.1 Å². The lowest BCUT2D eigenvalue weighted by Gasteiger charge is -2.30. The predicted molar refractivity (Wildman–Crippen MR) is 67.6 cm³/mol. The van der Waals surface area contributed by atoms with Crippen LogP contribution in [0.2, 0.25) is 0 Å². The summed E-state index contributed by atoms with van der Waals surface area (Å²) in [6, 6.07) is 2.20. The molecule has 4 nitrogen and oxygen atoms in total. The minimum absolute atomic E-state index is 0.108. The van der Waals surface area contributed by atoms with E-state index in [0.29, 0.717) is 38.5 Å². The van der Waals surface area contributed by atoms with Gasteiger partial charge in [0.25, 0.3) is 0 Å². The fourth-order valence-corrected chi connectivity index (χ4v) is 2.56. The molecule has 4 heteroatoms. The van der Waals surface area contributed by atoms with Gasteiger partial charge in [-0.05, 0) is 38.0 Å². The van der Waals surface area contributed by atoms with E-state index in [0.717, 1.165) is 19.3 Å². The molecule has 0 aromatic carbocycles. The molecule has 1 amide bonds. The van der Waals surface area contributed by atoms with Crippen LogP contribution in [0.25, 0.3) is 0 Å². The number of hydrogen-bond donors (Lipinski definition) is 1. The first-order valence-electron chi connectivity index (χ1n) is 6.69. The number of nitrogens with zero attached hydrogens (tertiary/aromatic N) is 1. The van der Waals surface area contributed by atoms with Crippen LogP contribution >= 0.6 is 0 Å². The second kappa shape index (κ2) is 6.01. The number of carbonyl (C=O) groups is 1. The van der Waals surface area contributed by atoms with Crippen LogP contribution in [0.3, 0.4) is 0 Å². The maximum absolute atomic E-state index is 12.2. The molecule has 1 saturated heterocycles. The van der Waals surface area contributed by atoms with Gasteiger partial charge in [0.1, 0.15) is 5.41 Å². The van der Waals surface area contributed by atoms with Crippen molar-refractivity contribution in [2.75, 3.05) is 19.8 Å². The van der Waals surface area contributed by atoms with Gasteiger partial charge < -0.3 is 10.1 Å². The van der Waals surface area contributed by atoms with Crippen LogP contribution in [0.4, 0.5) is 0 Å². The van der Waals surface area contributed by atoms with Crippen LogP contribution < -0.4 is 5.32 Å². The molecule has 2 aliphatic rings. The van der Waals surface area contributed by atoms with Crippen LogP contribution in [-0.4, -0.2) is 25.7 Å². The molecular formula is C14H20N2O2. The van der Waals surface area contributed by atoms with E-state index in [1.807, 2.05) is 0 Å². The van der Waals surface area contributed by atoms with Crippen LogP contribution in [0, 0.1) is 22.7 Å². The summed E-state index contributed by atoms with van der Waals surface area (Å²) in [7, 11) is 0. The summed E-state index contributed by atoms with van der Waals surface area (Å²) in [6.45, 7) is 1.70. The first kappa shape index (κ1) is 13.1. The van der Waals surface area contributed by atoms with E-state index in [2.05, 4.69) is 23.5 Å². The third-order valence-corrected chi connectivity index (χ3v) is 3.92. The topological polar surface area (TPSA) is 62.1 Å². The summed E-state index contributed by atoms with van der Waals surface area (Å²) in [4.78, 5) is 12.2. The third-order valence-electron chi connectivity index (χ3n) is 3.92. The number of allylic oxidation sites excluding steroid dienone is 2. The number of ether oxygens (including phenoxy) is 1. The number of hydrogen-bond acceptors (Lipinski definition) is 3. The van der Waals surface area contributed by atoms with Gasteiger partial charge in [-0.15, -0.1) is 0 Å². The maximum Gasteiger partial charge on any atom is 0.240 e. The Balaban J connectivity index is 1.86. The summed E-state index contributed by atoms with van der Waals surface area (Å²) in [5.41, 5.74) is -0.858. The molecule has 98 valence electrons. The van der Waals surface area contributed by atoms with E-state index in [4.69, 9.17) is 4.74 Å². The van der Waals surface area contributed by atoms with Crippen LogP contribution in [0.1, 0.15) is 32.1 Å². The number of carbonyl (C=O) groups excluding carboxylic acids is 1. The Kier molecular flexibility index (Phi) is 4.38.